The summed E-state index contributed by atoms with van der Waals surface area (Å²) < 4.78 is 50.6. The van der Waals surface area contributed by atoms with Crippen LogP contribution in [0.1, 0.15) is 11.1 Å². The number of alkyl halides is 3. The summed E-state index contributed by atoms with van der Waals surface area (Å²) in [6.07, 6.45) is -4.92. The molecule has 8 heteroatoms. The van der Waals surface area contributed by atoms with Gasteiger partial charge >= 0.3 is 6.18 Å². The van der Waals surface area contributed by atoms with Crippen LogP contribution in [-0.2, 0) is 16.8 Å². The number of carbonyl (C=O) groups is 1. The predicted molar refractivity (Wildman–Crippen MR) is 92.7 cm³/mol. The highest BCUT2D eigenvalue weighted by Gasteiger charge is 2.60. The molecule has 0 radical (unpaired) electrons. The van der Waals surface area contributed by atoms with E-state index in [1.165, 1.54) is 32.4 Å². The van der Waals surface area contributed by atoms with Gasteiger partial charge in [0.2, 0.25) is 0 Å². The third-order valence-electron chi connectivity index (χ3n) is 4.08. The van der Waals surface area contributed by atoms with Gasteiger partial charge in [-0.15, -0.1) is 0 Å². The molecular weight excluding hydrogens is 363 g/mol. The summed E-state index contributed by atoms with van der Waals surface area (Å²) in [5.41, 5.74) is -3.43. The minimum Gasteiger partial charge on any atom is -0.493 e. The second-order valence-electron chi connectivity index (χ2n) is 5.77. The highest BCUT2D eigenvalue weighted by Crippen LogP contribution is 2.39. The Morgan fingerprint density at radius 2 is 1.67 bits per heavy atom. The van der Waals surface area contributed by atoms with E-state index >= 15 is 0 Å². The fourth-order valence-electron chi connectivity index (χ4n) is 2.59. The molecule has 2 aromatic rings. The third-order valence-corrected chi connectivity index (χ3v) is 4.08. The number of methoxy groups -OCH3 is 2. The average molecular weight is 383 g/mol. The van der Waals surface area contributed by atoms with Gasteiger partial charge in [-0.3, -0.25) is 4.79 Å². The summed E-state index contributed by atoms with van der Waals surface area (Å²) in [6.45, 7) is -0.0977. The largest absolute Gasteiger partial charge is 0.493 e. The number of hydrogen-bond acceptors (Lipinski definition) is 4. The summed E-state index contributed by atoms with van der Waals surface area (Å²) in [5.74, 6) is -0.542. The van der Waals surface area contributed by atoms with Gasteiger partial charge in [0, 0.05) is 12.1 Å². The lowest BCUT2D eigenvalue weighted by Crippen LogP contribution is -2.54. The molecule has 27 heavy (non-hydrogen) atoms. The Balaban J connectivity index is 2.11. The van der Waals surface area contributed by atoms with Crippen LogP contribution in [0.3, 0.4) is 0 Å². The molecule has 0 aliphatic rings. The number of rotatable bonds is 7. The minimum atomic E-state index is -5.16. The highest BCUT2D eigenvalue weighted by atomic mass is 19.4. The molecule has 2 aromatic carbocycles. The molecule has 0 aromatic heterocycles. The van der Waals surface area contributed by atoms with Crippen molar-refractivity contribution < 1.29 is 32.5 Å². The second-order valence-corrected chi connectivity index (χ2v) is 5.77. The summed E-state index contributed by atoms with van der Waals surface area (Å²) in [4.78, 5) is 12.2. The Morgan fingerprint density at radius 3 is 2.22 bits per heavy atom. The van der Waals surface area contributed by atoms with Crippen molar-refractivity contribution in [2.45, 2.75) is 18.2 Å². The molecule has 146 valence electrons. The molecular formula is C19H20F3NO4. The molecule has 2 rings (SSSR count). The average Bonchev–Trinajstić information content (AvgIpc) is 2.66. The van der Waals surface area contributed by atoms with Crippen molar-refractivity contribution in [3.63, 3.8) is 0 Å². The molecule has 0 spiro atoms. The topological polar surface area (TPSA) is 67.8 Å². The smallest absolute Gasteiger partial charge is 0.430 e. The molecule has 0 aliphatic carbocycles. The van der Waals surface area contributed by atoms with Crippen LogP contribution < -0.4 is 14.8 Å². The van der Waals surface area contributed by atoms with Gasteiger partial charge in [0.05, 0.1) is 14.2 Å². The van der Waals surface area contributed by atoms with Gasteiger partial charge in [0.1, 0.15) is 0 Å². The highest BCUT2D eigenvalue weighted by molar-refractivity contribution is 5.87. The molecule has 0 fully saturated rings. The van der Waals surface area contributed by atoms with Crippen LogP contribution in [0.2, 0.25) is 0 Å². The first-order chi connectivity index (χ1) is 12.7. The van der Waals surface area contributed by atoms with E-state index in [0.717, 1.165) is 17.7 Å². The van der Waals surface area contributed by atoms with E-state index in [1.807, 2.05) is 0 Å². The Morgan fingerprint density at radius 1 is 1.04 bits per heavy atom. The standard InChI is InChI=1S/C19H20F3NO4/c1-26-15-9-8-13(12-16(15)27-2)10-11-23-17(24)18(25,19(20,21)22)14-6-4-3-5-7-14/h3-9,12,25H,10-11H2,1-2H3,(H,23,24). The number of aliphatic hydroxyl groups is 1. The molecule has 0 bridgehead atoms. The van der Waals surface area contributed by atoms with E-state index < -0.39 is 23.2 Å². The van der Waals surface area contributed by atoms with Crippen LogP contribution in [-0.4, -0.2) is 38.0 Å². The number of hydrogen-bond donors (Lipinski definition) is 2. The first-order valence-electron chi connectivity index (χ1n) is 8.08. The van der Waals surface area contributed by atoms with Crippen molar-refractivity contribution in [3.8, 4) is 11.5 Å². The van der Waals surface area contributed by atoms with Crippen LogP contribution in [0.4, 0.5) is 13.2 Å². The summed E-state index contributed by atoms with van der Waals surface area (Å²) in [7, 11) is 2.95. The van der Waals surface area contributed by atoms with Gasteiger partial charge in [-0.1, -0.05) is 36.4 Å². The monoisotopic (exact) mass is 383 g/mol. The fourth-order valence-corrected chi connectivity index (χ4v) is 2.59. The lowest BCUT2D eigenvalue weighted by atomic mass is 9.92. The fraction of sp³-hybridized carbons (Fsp3) is 0.316. The SMILES string of the molecule is COc1ccc(CCNC(=O)C(O)(c2ccccc2)C(F)(F)F)cc1OC. The normalized spacial score (nSPS) is 13.6. The van der Waals surface area contributed by atoms with Crippen LogP contribution in [0.25, 0.3) is 0 Å². The molecule has 1 atom stereocenters. The maximum absolute atomic E-state index is 13.4. The Hall–Kier alpha value is -2.74. The van der Waals surface area contributed by atoms with Crippen LogP contribution >= 0.6 is 0 Å². The molecule has 1 amide bonds. The van der Waals surface area contributed by atoms with E-state index in [4.69, 9.17) is 9.47 Å². The van der Waals surface area contributed by atoms with Crippen molar-refractivity contribution in [2.24, 2.45) is 0 Å². The van der Waals surface area contributed by atoms with Crippen molar-refractivity contribution >= 4 is 5.91 Å². The number of benzene rings is 2. The number of ether oxygens (including phenoxy) is 2. The maximum Gasteiger partial charge on any atom is 0.430 e. The van der Waals surface area contributed by atoms with E-state index in [9.17, 15) is 23.1 Å². The van der Waals surface area contributed by atoms with Gasteiger partial charge in [0.15, 0.2) is 11.5 Å². The molecule has 0 saturated heterocycles. The Kier molecular flexibility index (Phi) is 6.32. The molecule has 0 aliphatic heterocycles. The van der Waals surface area contributed by atoms with Crippen LogP contribution in [0.15, 0.2) is 48.5 Å². The minimum absolute atomic E-state index is 0.0977. The second kappa shape index (κ2) is 8.30. The van der Waals surface area contributed by atoms with Crippen LogP contribution in [0, 0.1) is 0 Å². The predicted octanol–water partition coefficient (Wildman–Crippen LogP) is 2.81. The van der Waals surface area contributed by atoms with E-state index in [2.05, 4.69) is 5.32 Å². The number of carbonyl (C=O) groups excluding carboxylic acids is 1. The van der Waals surface area contributed by atoms with Crippen molar-refractivity contribution in [2.75, 3.05) is 20.8 Å². The lowest BCUT2D eigenvalue weighted by molar-refractivity contribution is -0.257. The lowest BCUT2D eigenvalue weighted by Gasteiger charge is -2.29. The Bertz CT molecular complexity index is 780. The van der Waals surface area contributed by atoms with Crippen molar-refractivity contribution in [1.82, 2.24) is 5.32 Å². The van der Waals surface area contributed by atoms with Gasteiger partial charge in [-0.05, 0) is 24.1 Å². The van der Waals surface area contributed by atoms with Gasteiger partial charge < -0.3 is 19.9 Å². The van der Waals surface area contributed by atoms with Crippen molar-refractivity contribution in [1.29, 1.82) is 0 Å². The Labute approximate surface area is 154 Å². The van der Waals surface area contributed by atoms with Gasteiger partial charge in [-0.2, -0.15) is 13.2 Å². The number of halogens is 3. The zero-order valence-corrected chi connectivity index (χ0v) is 14.8. The van der Waals surface area contributed by atoms with E-state index in [1.54, 1.807) is 18.2 Å². The molecule has 0 saturated carbocycles. The first kappa shape index (κ1) is 20.6. The first-order valence-corrected chi connectivity index (χ1v) is 8.08. The van der Waals surface area contributed by atoms with E-state index in [0.29, 0.717) is 11.5 Å². The molecule has 5 nitrogen and oxygen atoms in total. The summed E-state index contributed by atoms with van der Waals surface area (Å²) in [6, 6.07) is 11.3. The maximum atomic E-state index is 13.4. The summed E-state index contributed by atoms with van der Waals surface area (Å²) >= 11 is 0. The zero-order valence-electron chi connectivity index (χ0n) is 14.8. The number of nitrogens with one attached hydrogen (secondary N) is 1. The van der Waals surface area contributed by atoms with E-state index in [-0.39, 0.29) is 13.0 Å². The van der Waals surface area contributed by atoms with Crippen LogP contribution in [0.5, 0.6) is 11.5 Å². The number of amides is 1. The van der Waals surface area contributed by atoms with Gasteiger partial charge in [-0.25, -0.2) is 0 Å². The molecule has 1 unspecified atom stereocenters. The van der Waals surface area contributed by atoms with Crippen molar-refractivity contribution in [3.05, 3.63) is 59.7 Å². The zero-order chi connectivity index (χ0) is 20.1. The molecule has 2 N–H and O–H groups in total. The van der Waals surface area contributed by atoms with Gasteiger partial charge in [0.25, 0.3) is 11.5 Å². The summed E-state index contributed by atoms with van der Waals surface area (Å²) in [5, 5.41) is 12.3. The third kappa shape index (κ3) is 4.33. The molecule has 0 heterocycles. The quantitative estimate of drug-likeness (QED) is 0.772.